The maximum Gasteiger partial charge on any atom is 0.509 e. The minimum atomic E-state index is -3.66. The largest absolute Gasteiger partial charge is 0.509 e. The molecule has 8 heteroatoms. The molecule has 4 atom stereocenters. The van der Waals surface area contributed by atoms with Gasteiger partial charge in [-0.05, 0) is 40.0 Å². The van der Waals surface area contributed by atoms with Crippen molar-refractivity contribution >= 4 is 16.3 Å². The number of hydrogen-bond donors (Lipinski definition) is 0. The van der Waals surface area contributed by atoms with Gasteiger partial charge in [0.05, 0.1) is 18.5 Å². The van der Waals surface area contributed by atoms with Crippen LogP contribution >= 0.6 is 0 Å². The minimum absolute atomic E-state index is 0.300. The zero-order valence-corrected chi connectivity index (χ0v) is 17.7. The highest BCUT2D eigenvalue weighted by Gasteiger charge is 2.42. The van der Waals surface area contributed by atoms with Crippen LogP contribution in [-0.2, 0) is 28.5 Å². The first-order valence-corrected chi connectivity index (χ1v) is 11.0. The highest BCUT2D eigenvalue weighted by atomic mass is 32.2. The van der Waals surface area contributed by atoms with Crippen molar-refractivity contribution < 1.29 is 31.6 Å². The van der Waals surface area contributed by atoms with Gasteiger partial charge in [0.25, 0.3) is 10.1 Å². The second-order valence-corrected chi connectivity index (χ2v) is 9.15. The SMILES string of the molecule is C=CC[C@H](OS(C)(=O)=O)[C@H]1C[C@@H](OC(=O)OC(C)(C)C)[C@H](C/C=C/CC)O1. The molecule has 0 radical (unpaired) electrons. The lowest BCUT2D eigenvalue weighted by Gasteiger charge is -2.22. The van der Waals surface area contributed by atoms with E-state index in [0.29, 0.717) is 19.3 Å². The summed E-state index contributed by atoms with van der Waals surface area (Å²) >= 11 is 0. The average Bonchev–Trinajstić information content (AvgIpc) is 2.86. The van der Waals surface area contributed by atoms with Gasteiger partial charge in [-0.15, -0.1) is 6.58 Å². The monoisotopic (exact) mass is 404 g/mol. The fourth-order valence-electron chi connectivity index (χ4n) is 2.76. The summed E-state index contributed by atoms with van der Waals surface area (Å²) < 4.78 is 44.9. The number of carbonyl (C=O) groups is 1. The summed E-state index contributed by atoms with van der Waals surface area (Å²) in [6.45, 7) is 10.9. The molecule has 1 aliphatic rings. The Balaban J connectivity index is 2.89. The summed E-state index contributed by atoms with van der Waals surface area (Å²) in [6.07, 6.45) is 5.57. The molecule has 0 N–H and O–H groups in total. The molecule has 0 saturated carbocycles. The van der Waals surface area contributed by atoms with Gasteiger partial charge in [0.1, 0.15) is 17.8 Å². The van der Waals surface area contributed by atoms with Gasteiger partial charge in [-0.2, -0.15) is 8.42 Å². The van der Waals surface area contributed by atoms with Crippen LogP contribution < -0.4 is 0 Å². The lowest BCUT2D eigenvalue weighted by atomic mass is 10.0. The highest BCUT2D eigenvalue weighted by molar-refractivity contribution is 7.86. The molecule has 0 aromatic carbocycles. The normalized spacial score (nSPS) is 24.7. The quantitative estimate of drug-likeness (QED) is 0.328. The molecule has 1 saturated heterocycles. The molecule has 0 aliphatic carbocycles. The van der Waals surface area contributed by atoms with Gasteiger partial charge in [0.2, 0.25) is 0 Å². The van der Waals surface area contributed by atoms with Crippen molar-refractivity contribution in [2.75, 3.05) is 6.26 Å². The smallest absolute Gasteiger partial charge is 0.429 e. The van der Waals surface area contributed by atoms with Crippen LogP contribution in [0.3, 0.4) is 0 Å². The van der Waals surface area contributed by atoms with E-state index in [1.807, 2.05) is 19.1 Å². The van der Waals surface area contributed by atoms with E-state index < -0.39 is 46.3 Å². The average molecular weight is 405 g/mol. The third kappa shape index (κ3) is 9.39. The summed E-state index contributed by atoms with van der Waals surface area (Å²) in [5.74, 6) is 0. The van der Waals surface area contributed by atoms with Crippen LogP contribution in [0.2, 0.25) is 0 Å². The third-order valence-corrected chi connectivity index (χ3v) is 4.35. The van der Waals surface area contributed by atoms with Crippen molar-refractivity contribution in [3.8, 4) is 0 Å². The maximum absolute atomic E-state index is 12.1. The Labute approximate surface area is 162 Å². The van der Waals surface area contributed by atoms with E-state index in [-0.39, 0.29) is 0 Å². The van der Waals surface area contributed by atoms with Gasteiger partial charge in [0.15, 0.2) is 0 Å². The third-order valence-electron chi connectivity index (χ3n) is 3.75. The van der Waals surface area contributed by atoms with Crippen molar-refractivity contribution in [3.05, 3.63) is 24.8 Å². The fraction of sp³-hybridized carbons (Fsp3) is 0.737. The summed E-state index contributed by atoms with van der Waals surface area (Å²) in [4.78, 5) is 12.1. The Hall–Kier alpha value is -1.38. The topological polar surface area (TPSA) is 88.1 Å². The molecule has 0 bridgehead atoms. The number of rotatable bonds is 9. The van der Waals surface area contributed by atoms with Gasteiger partial charge >= 0.3 is 6.16 Å². The Kier molecular flexibility index (Phi) is 8.98. The molecule has 0 unspecified atom stereocenters. The van der Waals surface area contributed by atoms with E-state index in [1.165, 1.54) is 0 Å². The molecule has 7 nitrogen and oxygen atoms in total. The lowest BCUT2D eigenvalue weighted by Crippen LogP contribution is -2.31. The highest BCUT2D eigenvalue weighted by Crippen LogP contribution is 2.31. The van der Waals surface area contributed by atoms with E-state index >= 15 is 0 Å². The Morgan fingerprint density at radius 1 is 1.33 bits per heavy atom. The molecule has 27 heavy (non-hydrogen) atoms. The molecule has 0 aromatic heterocycles. The van der Waals surface area contributed by atoms with Crippen molar-refractivity contribution in [1.82, 2.24) is 0 Å². The standard InChI is InChI=1S/C19H32O7S/c1-7-9-10-12-14-16(24-18(20)25-19(3,4)5)13-17(23-14)15(11-8-2)26-27(6,21)22/h8-10,14-17H,2,7,11-13H2,1,3-6H3/b10-9+/t14-,15-,16+,17+/m0/s1. The molecule has 0 amide bonds. The van der Waals surface area contributed by atoms with Crippen molar-refractivity contribution in [3.63, 3.8) is 0 Å². The second kappa shape index (κ2) is 10.2. The van der Waals surface area contributed by atoms with Crippen LogP contribution in [0.5, 0.6) is 0 Å². The van der Waals surface area contributed by atoms with Crippen LogP contribution in [0.25, 0.3) is 0 Å². The van der Waals surface area contributed by atoms with E-state index in [0.717, 1.165) is 12.7 Å². The molecule has 1 fully saturated rings. The summed E-state index contributed by atoms with van der Waals surface area (Å²) in [5, 5.41) is 0. The predicted octanol–water partition coefficient (Wildman–Crippen LogP) is 3.74. The van der Waals surface area contributed by atoms with E-state index in [9.17, 15) is 13.2 Å². The van der Waals surface area contributed by atoms with Crippen LogP contribution in [0.1, 0.15) is 53.4 Å². The molecule has 1 rings (SSSR count). The van der Waals surface area contributed by atoms with Crippen molar-refractivity contribution in [2.24, 2.45) is 0 Å². The lowest BCUT2D eigenvalue weighted by molar-refractivity contribution is -0.0553. The molecule has 0 spiro atoms. The van der Waals surface area contributed by atoms with Crippen molar-refractivity contribution in [2.45, 2.75) is 83.4 Å². The van der Waals surface area contributed by atoms with Gasteiger partial charge < -0.3 is 14.2 Å². The zero-order valence-electron chi connectivity index (χ0n) is 16.8. The Morgan fingerprint density at radius 2 is 2.00 bits per heavy atom. The summed E-state index contributed by atoms with van der Waals surface area (Å²) in [7, 11) is -3.66. The van der Waals surface area contributed by atoms with Crippen LogP contribution in [0.4, 0.5) is 4.79 Å². The van der Waals surface area contributed by atoms with E-state index in [1.54, 1.807) is 26.8 Å². The second-order valence-electron chi connectivity index (χ2n) is 7.55. The zero-order chi connectivity index (χ0) is 20.7. The first kappa shape index (κ1) is 23.7. The molecule has 156 valence electrons. The molecule has 1 heterocycles. The van der Waals surface area contributed by atoms with Crippen LogP contribution in [0.15, 0.2) is 24.8 Å². The number of ether oxygens (including phenoxy) is 3. The minimum Gasteiger partial charge on any atom is -0.429 e. The Morgan fingerprint density at radius 3 is 2.52 bits per heavy atom. The predicted molar refractivity (Wildman–Crippen MR) is 103 cm³/mol. The van der Waals surface area contributed by atoms with Gasteiger partial charge in [-0.1, -0.05) is 25.2 Å². The van der Waals surface area contributed by atoms with Crippen LogP contribution in [-0.4, -0.2) is 50.8 Å². The molecule has 0 aromatic rings. The molecule has 1 aliphatic heterocycles. The van der Waals surface area contributed by atoms with E-state index in [4.69, 9.17) is 18.4 Å². The molecular formula is C19H32O7S. The van der Waals surface area contributed by atoms with Crippen molar-refractivity contribution in [1.29, 1.82) is 0 Å². The van der Waals surface area contributed by atoms with E-state index in [2.05, 4.69) is 6.58 Å². The van der Waals surface area contributed by atoms with Gasteiger partial charge in [0, 0.05) is 6.42 Å². The number of hydrogen-bond acceptors (Lipinski definition) is 7. The summed E-state index contributed by atoms with van der Waals surface area (Å²) in [5.41, 5.74) is -0.668. The Bertz CT molecular complexity index is 618. The van der Waals surface area contributed by atoms with Crippen LogP contribution in [0, 0.1) is 0 Å². The number of allylic oxidation sites excluding steroid dienone is 1. The first-order chi connectivity index (χ1) is 12.4. The fourth-order valence-corrected chi connectivity index (χ4v) is 3.41. The summed E-state index contributed by atoms with van der Waals surface area (Å²) in [6, 6.07) is 0. The first-order valence-electron chi connectivity index (χ1n) is 9.14. The maximum atomic E-state index is 12.1. The van der Waals surface area contributed by atoms with Gasteiger partial charge in [-0.3, -0.25) is 4.18 Å². The van der Waals surface area contributed by atoms with Gasteiger partial charge in [-0.25, -0.2) is 4.79 Å². The molecular weight excluding hydrogens is 372 g/mol. The number of carbonyl (C=O) groups excluding carboxylic acids is 1.